The predicted molar refractivity (Wildman–Crippen MR) is 298 cm³/mol. The van der Waals surface area contributed by atoms with E-state index < -0.39 is 0 Å². The highest BCUT2D eigenvalue weighted by Gasteiger charge is 2.49. The third kappa shape index (κ3) is 7.61. The minimum atomic E-state index is -0.150. The van der Waals surface area contributed by atoms with Gasteiger partial charge in [0.2, 0.25) is 0 Å². The molecular formula is C67H68BN. The predicted octanol–water partition coefficient (Wildman–Crippen LogP) is 16.7. The van der Waals surface area contributed by atoms with Gasteiger partial charge in [0.05, 0.1) is 0 Å². The standard InChI is InChI=1S/C67H68BN/c1-9-12-20-46-27-31-51(32-28-46)69-61-40-48(22-14-11-3)29-33-52(61)56-41-50(62-44(5)37-43(4)38-45(62)6)42-57-63(53-34-30-47(21-13-10-2)39-55(53)49-23-16-15-17-24-49)65-60(68(69)66(56)57)36-35-59-64(65)54-25-18-19-26-58(54)67(59,7)8/h15-19,23-42,63H,9-14,20-22H2,1-8H3. The van der Waals surface area contributed by atoms with Gasteiger partial charge in [-0.2, -0.15) is 0 Å². The molecule has 1 aliphatic carbocycles. The summed E-state index contributed by atoms with van der Waals surface area (Å²) >= 11 is 0. The van der Waals surface area contributed by atoms with Gasteiger partial charge in [-0.15, -0.1) is 0 Å². The molecule has 2 heteroatoms. The Kier molecular flexibility index (Phi) is 11.9. The smallest absolute Gasteiger partial charge is 0.329 e. The molecule has 0 spiro atoms. The summed E-state index contributed by atoms with van der Waals surface area (Å²) in [5.41, 5.74) is 31.5. The second-order valence-electron chi connectivity index (χ2n) is 21.3. The van der Waals surface area contributed by atoms with Gasteiger partial charge in [0, 0.05) is 28.3 Å². The van der Waals surface area contributed by atoms with Crippen LogP contribution in [0, 0.1) is 20.8 Å². The summed E-state index contributed by atoms with van der Waals surface area (Å²) in [6, 6.07) is 60.5. The zero-order valence-electron chi connectivity index (χ0n) is 42.4. The Bertz CT molecular complexity index is 3220. The Balaban J connectivity index is 1.30. The third-order valence-corrected chi connectivity index (χ3v) is 16.2. The SMILES string of the molecule is CCCCc1ccc(N2B3c4ccc5c(c4C(c4ccc(CCCC)cc4-c4ccccc4)c4cc(-c6c(C)cc(C)cc6C)cc(c43)-c3ccc(CCCC)cc32)-c2ccccc2C5(C)C)cc1. The van der Waals surface area contributed by atoms with E-state index in [1.165, 1.54) is 167 Å². The number of hydrogen-bond donors (Lipinski definition) is 0. The van der Waals surface area contributed by atoms with Crippen molar-refractivity contribution in [2.24, 2.45) is 0 Å². The number of nitrogens with zero attached hydrogens (tertiary/aromatic N) is 1. The number of aryl methyl sites for hydroxylation is 6. The Morgan fingerprint density at radius 3 is 1.84 bits per heavy atom. The van der Waals surface area contributed by atoms with E-state index in [1.54, 1.807) is 0 Å². The molecule has 0 fully saturated rings. The zero-order chi connectivity index (χ0) is 47.6. The molecule has 1 nitrogen and oxygen atoms in total. The highest BCUT2D eigenvalue weighted by Crippen LogP contribution is 2.56. The fraction of sp³-hybridized carbons (Fsp3) is 0.284. The van der Waals surface area contributed by atoms with Gasteiger partial charge in [0.15, 0.2) is 0 Å². The highest BCUT2D eigenvalue weighted by atomic mass is 15.1. The molecule has 8 aromatic rings. The summed E-state index contributed by atoms with van der Waals surface area (Å²) in [6.07, 6.45) is 10.4. The van der Waals surface area contributed by atoms with E-state index in [-0.39, 0.29) is 18.2 Å². The lowest BCUT2D eigenvalue weighted by Crippen LogP contribution is -2.62. The summed E-state index contributed by atoms with van der Waals surface area (Å²) < 4.78 is 0. The second-order valence-corrected chi connectivity index (χ2v) is 21.3. The van der Waals surface area contributed by atoms with E-state index in [9.17, 15) is 0 Å². The minimum Gasteiger partial charge on any atom is -0.376 e. The number of fused-ring (bicyclic) bond motifs is 8. The first-order valence-electron chi connectivity index (χ1n) is 26.3. The van der Waals surface area contributed by atoms with Crippen LogP contribution in [0.25, 0.3) is 44.5 Å². The summed E-state index contributed by atoms with van der Waals surface area (Å²) in [7, 11) is 0. The van der Waals surface area contributed by atoms with Gasteiger partial charge in [-0.25, -0.2) is 0 Å². The Labute approximate surface area is 413 Å². The van der Waals surface area contributed by atoms with Crippen molar-refractivity contribution in [3.63, 3.8) is 0 Å². The van der Waals surface area contributed by atoms with Gasteiger partial charge >= 0.3 is 6.85 Å². The lowest BCUT2D eigenvalue weighted by atomic mass is 9.39. The van der Waals surface area contributed by atoms with E-state index in [2.05, 4.69) is 212 Å². The summed E-state index contributed by atoms with van der Waals surface area (Å²) in [4.78, 5) is 2.77. The maximum atomic E-state index is 2.77. The quantitative estimate of drug-likeness (QED) is 0.104. The van der Waals surface area contributed by atoms with E-state index in [0.717, 1.165) is 19.3 Å². The molecule has 1 atom stereocenters. The molecule has 11 rings (SSSR count). The van der Waals surface area contributed by atoms with Gasteiger partial charge < -0.3 is 4.81 Å². The van der Waals surface area contributed by atoms with E-state index >= 15 is 0 Å². The summed E-state index contributed by atoms with van der Waals surface area (Å²) in [6.45, 7) is 18.7. The fourth-order valence-corrected chi connectivity index (χ4v) is 12.9. The average Bonchev–Trinajstić information content (AvgIpc) is 3.60. The van der Waals surface area contributed by atoms with Crippen molar-refractivity contribution in [2.75, 3.05) is 4.81 Å². The molecular weight excluding hydrogens is 830 g/mol. The zero-order valence-corrected chi connectivity index (χ0v) is 42.4. The number of benzene rings is 8. The Hall–Kier alpha value is -6.38. The second kappa shape index (κ2) is 18.2. The molecule has 344 valence electrons. The number of hydrogen-bond acceptors (Lipinski definition) is 1. The van der Waals surface area contributed by atoms with Gasteiger partial charge in [-0.05, 0) is 189 Å². The first-order valence-corrected chi connectivity index (χ1v) is 26.3. The van der Waals surface area contributed by atoms with Gasteiger partial charge in [0.1, 0.15) is 0 Å². The van der Waals surface area contributed by atoms with Crippen LogP contribution in [0.15, 0.2) is 152 Å². The largest absolute Gasteiger partial charge is 0.376 e. The van der Waals surface area contributed by atoms with Crippen molar-refractivity contribution in [1.82, 2.24) is 0 Å². The first-order chi connectivity index (χ1) is 33.6. The molecule has 0 N–H and O–H groups in total. The van der Waals surface area contributed by atoms with Crippen molar-refractivity contribution < 1.29 is 0 Å². The van der Waals surface area contributed by atoms with Crippen LogP contribution < -0.4 is 15.7 Å². The van der Waals surface area contributed by atoms with Crippen LogP contribution in [-0.2, 0) is 24.7 Å². The molecule has 1 unspecified atom stereocenters. The first kappa shape index (κ1) is 45.1. The molecule has 0 saturated heterocycles. The van der Waals surface area contributed by atoms with Gasteiger partial charge in [-0.3, -0.25) is 0 Å². The van der Waals surface area contributed by atoms with Crippen LogP contribution in [0.2, 0.25) is 0 Å². The van der Waals surface area contributed by atoms with Crippen molar-refractivity contribution in [3.05, 3.63) is 213 Å². The third-order valence-electron chi connectivity index (χ3n) is 16.2. The molecule has 2 aliphatic heterocycles. The maximum Gasteiger partial charge on any atom is 0.329 e. The molecule has 3 aliphatic rings. The summed E-state index contributed by atoms with van der Waals surface area (Å²) in [5.74, 6) is -0.0352. The molecule has 0 amide bonds. The fourth-order valence-electron chi connectivity index (χ4n) is 12.9. The number of unbranched alkanes of at least 4 members (excludes halogenated alkanes) is 3. The van der Waals surface area contributed by atoms with Gasteiger partial charge in [-0.1, -0.05) is 187 Å². The monoisotopic (exact) mass is 898 g/mol. The van der Waals surface area contributed by atoms with Crippen LogP contribution in [0.5, 0.6) is 0 Å². The Morgan fingerprint density at radius 2 is 1.13 bits per heavy atom. The van der Waals surface area contributed by atoms with Gasteiger partial charge in [0.25, 0.3) is 0 Å². The number of anilines is 2. The van der Waals surface area contributed by atoms with Crippen molar-refractivity contribution in [3.8, 4) is 44.5 Å². The Morgan fingerprint density at radius 1 is 0.493 bits per heavy atom. The van der Waals surface area contributed by atoms with Crippen LogP contribution in [0.4, 0.5) is 11.4 Å². The molecule has 2 heterocycles. The lowest BCUT2D eigenvalue weighted by molar-refractivity contribution is 0.660. The maximum absolute atomic E-state index is 2.77. The molecule has 8 aromatic carbocycles. The van der Waals surface area contributed by atoms with E-state index in [4.69, 9.17) is 0 Å². The van der Waals surface area contributed by atoms with Crippen LogP contribution in [0.3, 0.4) is 0 Å². The molecule has 69 heavy (non-hydrogen) atoms. The molecule has 0 radical (unpaired) electrons. The summed E-state index contributed by atoms with van der Waals surface area (Å²) in [5, 5.41) is 0. The highest BCUT2D eigenvalue weighted by molar-refractivity contribution is 6.92. The molecule has 0 aromatic heterocycles. The van der Waals surface area contributed by atoms with Crippen molar-refractivity contribution >= 4 is 29.1 Å². The average molecular weight is 898 g/mol. The molecule has 0 saturated carbocycles. The lowest BCUT2D eigenvalue weighted by Gasteiger charge is -2.46. The van der Waals surface area contributed by atoms with Crippen LogP contribution in [-0.4, -0.2) is 6.85 Å². The van der Waals surface area contributed by atoms with Crippen molar-refractivity contribution in [2.45, 2.75) is 125 Å². The van der Waals surface area contributed by atoms with Crippen molar-refractivity contribution in [1.29, 1.82) is 0 Å². The van der Waals surface area contributed by atoms with Crippen LogP contribution >= 0.6 is 0 Å². The topological polar surface area (TPSA) is 3.24 Å². The molecule has 0 bridgehead atoms. The van der Waals surface area contributed by atoms with Crippen LogP contribution in [0.1, 0.15) is 140 Å². The number of rotatable bonds is 13. The minimum absolute atomic E-state index is 0.0352. The van der Waals surface area contributed by atoms with E-state index in [1.807, 2.05) is 0 Å². The van der Waals surface area contributed by atoms with E-state index in [0.29, 0.717) is 0 Å². The normalized spacial score (nSPS) is 14.8.